The first kappa shape index (κ1) is 23.7. The molecular weight excluding hydrogens is 416 g/mol. The summed E-state index contributed by atoms with van der Waals surface area (Å²) in [5, 5.41) is 10.4. The minimum atomic E-state index is -0.548. The number of aliphatic hydroxyl groups is 1. The first-order valence-corrected chi connectivity index (χ1v) is 11.9. The van der Waals surface area contributed by atoms with Gasteiger partial charge in [-0.15, -0.1) is 0 Å². The van der Waals surface area contributed by atoms with E-state index < -0.39 is 11.7 Å². The van der Waals surface area contributed by atoms with E-state index in [0.717, 1.165) is 31.5 Å². The van der Waals surface area contributed by atoms with Gasteiger partial charge < -0.3 is 14.6 Å². The van der Waals surface area contributed by atoms with Gasteiger partial charge >= 0.3 is 6.09 Å². The first-order valence-electron chi connectivity index (χ1n) is 11.9. The number of amides is 1. The first-order chi connectivity index (χ1) is 15.9. The monoisotopic (exact) mass is 452 g/mol. The smallest absolute Gasteiger partial charge is 0.410 e. The summed E-state index contributed by atoms with van der Waals surface area (Å²) in [6.07, 6.45) is 1.13. The highest BCUT2D eigenvalue weighted by Gasteiger charge is 2.52. The highest BCUT2D eigenvalue weighted by atomic mass is 16.6. The maximum atomic E-state index is 13.2. The van der Waals surface area contributed by atoms with Crippen LogP contribution in [-0.4, -0.2) is 64.0 Å². The Balaban J connectivity index is 1.58. The van der Waals surface area contributed by atoms with Gasteiger partial charge in [-0.25, -0.2) is 4.79 Å². The van der Waals surface area contributed by atoms with Crippen LogP contribution in [0.1, 0.15) is 44.7 Å². The zero-order chi connectivity index (χ0) is 23.4. The van der Waals surface area contributed by atoms with Crippen molar-refractivity contribution < 1.29 is 19.4 Å². The number of benzene rings is 2. The summed E-state index contributed by atoms with van der Waals surface area (Å²) in [5.41, 5.74) is 1.73. The van der Waals surface area contributed by atoms with E-state index in [-0.39, 0.29) is 30.8 Å². The summed E-state index contributed by atoms with van der Waals surface area (Å²) in [4.78, 5) is 17.5. The molecule has 0 saturated carbocycles. The molecule has 0 aromatic heterocycles. The number of ether oxygens (including phenoxy) is 2. The lowest BCUT2D eigenvalue weighted by Crippen LogP contribution is -2.65. The molecular formula is C27H36N2O4. The van der Waals surface area contributed by atoms with Crippen molar-refractivity contribution in [3.05, 3.63) is 71.8 Å². The lowest BCUT2D eigenvalue weighted by molar-refractivity contribution is -0.0993. The molecule has 4 rings (SSSR count). The summed E-state index contributed by atoms with van der Waals surface area (Å²) < 4.78 is 12.1. The third kappa shape index (κ3) is 5.75. The van der Waals surface area contributed by atoms with Crippen LogP contribution >= 0.6 is 0 Å². The SMILES string of the molecule is CC(C)(C)OC(=O)N1[C@@H]2CC[C@H]1[C@@H]([C@H](CO)OCc1ccccc1)N(Cc1ccccc1)C2. The molecule has 6 heteroatoms. The second-order valence-electron chi connectivity index (χ2n) is 10.1. The second kappa shape index (κ2) is 10.2. The number of carbonyl (C=O) groups excluding carboxylic acids is 1. The van der Waals surface area contributed by atoms with Crippen molar-refractivity contribution in [3.8, 4) is 0 Å². The van der Waals surface area contributed by atoms with Gasteiger partial charge in [0.15, 0.2) is 0 Å². The van der Waals surface area contributed by atoms with E-state index in [1.807, 2.05) is 74.2 Å². The zero-order valence-corrected chi connectivity index (χ0v) is 19.9. The minimum absolute atomic E-state index is 0.0600. The topological polar surface area (TPSA) is 62.2 Å². The number of nitrogens with zero attached hydrogens (tertiary/aromatic N) is 2. The minimum Gasteiger partial charge on any atom is -0.444 e. The normalized spacial score (nSPS) is 24.0. The van der Waals surface area contributed by atoms with Crippen molar-refractivity contribution in [2.45, 2.75) is 76.6 Å². The Morgan fingerprint density at radius 3 is 2.27 bits per heavy atom. The predicted octanol–water partition coefficient (Wildman–Crippen LogP) is 4.22. The fourth-order valence-corrected chi connectivity index (χ4v) is 5.17. The highest BCUT2D eigenvalue weighted by molar-refractivity contribution is 5.70. The van der Waals surface area contributed by atoms with E-state index in [1.54, 1.807) is 0 Å². The number of piperazine rings is 1. The van der Waals surface area contributed by atoms with Gasteiger partial charge in [0, 0.05) is 19.1 Å². The molecule has 4 atom stereocenters. The Labute approximate surface area is 197 Å². The van der Waals surface area contributed by atoms with Gasteiger partial charge in [-0.1, -0.05) is 60.7 Å². The average molecular weight is 453 g/mol. The van der Waals surface area contributed by atoms with Crippen molar-refractivity contribution in [1.29, 1.82) is 0 Å². The summed E-state index contributed by atoms with van der Waals surface area (Å²) >= 11 is 0. The van der Waals surface area contributed by atoms with Gasteiger partial charge in [-0.3, -0.25) is 9.80 Å². The van der Waals surface area contributed by atoms with Gasteiger partial charge in [0.25, 0.3) is 0 Å². The van der Waals surface area contributed by atoms with E-state index in [9.17, 15) is 9.90 Å². The summed E-state index contributed by atoms with van der Waals surface area (Å²) in [6.45, 7) is 7.50. The molecule has 0 spiro atoms. The molecule has 2 heterocycles. The van der Waals surface area contributed by atoms with E-state index in [2.05, 4.69) is 17.0 Å². The van der Waals surface area contributed by atoms with E-state index >= 15 is 0 Å². The van der Waals surface area contributed by atoms with Gasteiger partial charge in [0.1, 0.15) is 5.60 Å². The van der Waals surface area contributed by atoms with E-state index in [4.69, 9.17) is 9.47 Å². The molecule has 2 saturated heterocycles. The van der Waals surface area contributed by atoms with Crippen LogP contribution in [0, 0.1) is 0 Å². The number of likely N-dealkylation sites (tertiary alicyclic amines) is 1. The standard InChI is InChI=1S/C27H36N2O4/c1-27(2,3)33-26(31)29-22-14-15-23(29)25(28(17-22)16-20-10-6-4-7-11-20)24(18-30)32-19-21-12-8-5-9-13-21/h4-13,22-25,30H,14-19H2,1-3H3/t22-,23+,24+,25+/m1/s1. The molecule has 2 bridgehead atoms. The molecule has 6 nitrogen and oxygen atoms in total. The summed E-state index contributed by atoms with van der Waals surface area (Å²) in [6, 6.07) is 20.3. The van der Waals surface area contributed by atoms with Crippen molar-refractivity contribution in [2.24, 2.45) is 0 Å². The maximum Gasteiger partial charge on any atom is 0.410 e. The third-order valence-corrected chi connectivity index (χ3v) is 6.51. The molecule has 2 aliphatic heterocycles. The zero-order valence-electron chi connectivity index (χ0n) is 19.9. The van der Waals surface area contributed by atoms with Crippen molar-refractivity contribution in [3.63, 3.8) is 0 Å². The average Bonchev–Trinajstić information content (AvgIpc) is 3.11. The Bertz CT molecular complexity index is 899. The molecule has 33 heavy (non-hydrogen) atoms. The lowest BCUT2D eigenvalue weighted by Gasteiger charge is -2.49. The van der Waals surface area contributed by atoms with Gasteiger partial charge in [0.05, 0.1) is 31.4 Å². The number of fused-ring (bicyclic) bond motifs is 2. The highest BCUT2D eigenvalue weighted by Crippen LogP contribution is 2.38. The van der Waals surface area contributed by atoms with Crippen LogP contribution in [-0.2, 0) is 22.6 Å². The van der Waals surface area contributed by atoms with E-state index in [1.165, 1.54) is 5.56 Å². The van der Waals surface area contributed by atoms with Crippen molar-refractivity contribution in [1.82, 2.24) is 9.80 Å². The molecule has 1 N–H and O–H groups in total. The summed E-state index contributed by atoms with van der Waals surface area (Å²) in [7, 11) is 0. The molecule has 0 radical (unpaired) electrons. The number of hydrogen-bond donors (Lipinski definition) is 1. The molecule has 2 aliphatic rings. The summed E-state index contributed by atoms with van der Waals surface area (Å²) in [5.74, 6) is 0. The van der Waals surface area contributed by atoms with Crippen LogP contribution in [0.15, 0.2) is 60.7 Å². The van der Waals surface area contributed by atoms with Gasteiger partial charge in [-0.2, -0.15) is 0 Å². The molecule has 0 unspecified atom stereocenters. The Hall–Kier alpha value is -2.41. The fourth-order valence-electron chi connectivity index (χ4n) is 5.17. The third-order valence-electron chi connectivity index (χ3n) is 6.51. The molecule has 1 amide bonds. The number of hydrogen-bond acceptors (Lipinski definition) is 5. The molecule has 2 aromatic carbocycles. The van der Waals surface area contributed by atoms with Crippen LogP contribution in [0.25, 0.3) is 0 Å². The van der Waals surface area contributed by atoms with E-state index in [0.29, 0.717) is 6.61 Å². The molecule has 178 valence electrons. The van der Waals surface area contributed by atoms with Gasteiger partial charge in [0.2, 0.25) is 0 Å². The van der Waals surface area contributed by atoms with Crippen LogP contribution in [0.5, 0.6) is 0 Å². The lowest BCUT2D eigenvalue weighted by atomic mass is 9.96. The maximum absolute atomic E-state index is 13.2. The number of aliphatic hydroxyl groups excluding tert-OH is 1. The number of rotatable bonds is 7. The fraction of sp³-hybridized carbons (Fsp3) is 0.519. The molecule has 2 fully saturated rings. The predicted molar refractivity (Wildman–Crippen MR) is 128 cm³/mol. The Kier molecular flexibility index (Phi) is 7.37. The Morgan fingerprint density at radius 1 is 1.03 bits per heavy atom. The van der Waals surface area contributed by atoms with Crippen LogP contribution in [0.4, 0.5) is 4.79 Å². The number of carbonyl (C=O) groups is 1. The van der Waals surface area contributed by atoms with Crippen molar-refractivity contribution >= 4 is 6.09 Å². The molecule has 2 aromatic rings. The van der Waals surface area contributed by atoms with Crippen LogP contribution < -0.4 is 0 Å². The Morgan fingerprint density at radius 2 is 1.67 bits per heavy atom. The van der Waals surface area contributed by atoms with Gasteiger partial charge in [-0.05, 0) is 44.7 Å². The quantitative estimate of drug-likeness (QED) is 0.682. The second-order valence-corrected chi connectivity index (χ2v) is 10.1. The van der Waals surface area contributed by atoms with Crippen molar-refractivity contribution in [2.75, 3.05) is 13.2 Å². The largest absolute Gasteiger partial charge is 0.444 e. The van der Waals surface area contributed by atoms with Crippen LogP contribution in [0.3, 0.4) is 0 Å². The van der Waals surface area contributed by atoms with Crippen LogP contribution in [0.2, 0.25) is 0 Å². The molecule has 0 aliphatic carbocycles.